The van der Waals surface area contributed by atoms with E-state index in [0.717, 1.165) is 11.1 Å². The molecule has 0 aliphatic heterocycles. The van der Waals surface area contributed by atoms with Crippen LogP contribution in [-0.4, -0.2) is 30.3 Å². The number of carbonyl (C=O) groups is 1. The average molecular weight is 327 g/mol. The van der Waals surface area contributed by atoms with Gasteiger partial charge < -0.3 is 14.4 Å². The maximum atomic E-state index is 12.9. The molecule has 1 amide bonds. The van der Waals surface area contributed by atoms with Crippen molar-refractivity contribution in [1.82, 2.24) is 4.90 Å². The summed E-state index contributed by atoms with van der Waals surface area (Å²) in [5.74, 6) is -0.147. The highest BCUT2D eigenvalue weighted by atomic mass is 16.7. The van der Waals surface area contributed by atoms with Gasteiger partial charge in [0.05, 0.1) is 0 Å². The van der Waals surface area contributed by atoms with Gasteiger partial charge in [0.25, 0.3) is 5.91 Å². The lowest BCUT2D eigenvalue weighted by atomic mass is 10.1. The van der Waals surface area contributed by atoms with E-state index in [1.165, 1.54) is 0 Å². The zero-order valence-electron chi connectivity index (χ0n) is 14.4. The zero-order chi connectivity index (χ0) is 17.2. The SMILES string of the molecule is CCOC(OCC)C(=O)N(Cc1ccccc1)Cc1ccccc1. The Morgan fingerprint density at radius 3 is 1.62 bits per heavy atom. The highest BCUT2D eigenvalue weighted by Gasteiger charge is 2.25. The summed E-state index contributed by atoms with van der Waals surface area (Å²) in [5, 5.41) is 0. The Morgan fingerprint density at radius 1 is 0.833 bits per heavy atom. The molecule has 2 rings (SSSR count). The van der Waals surface area contributed by atoms with Crippen LogP contribution in [0.2, 0.25) is 0 Å². The van der Waals surface area contributed by atoms with Crippen molar-refractivity contribution in [1.29, 1.82) is 0 Å². The van der Waals surface area contributed by atoms with Gasteiger partial charge in [0.2, 0.25) is 6.29 Å². The second kappa shape index (κ2) is 9.85. The van der Waals surface area contributed by atoms with Crippen LogP contribution in [0.15, 0.2) is 60.7 Å². The van der Waals surface area contributed by atoms with Crippen LogP contribution in [0.1, 0.15) is 25.0 Å². The van der Waals surface area contributed by atoms with Crippen molar-refractivity contribution < 1.29 is 14.3 Å². The minimum absolute atomic E-state index is 0.147. The molecular formula is C20H25NO3. The fourth-order valence-electron chi connectivity index (χ4n) is 2.46. The number of carbonyl (C=O) groups excluding carboxylic acids is 1. The van der Waals surface area contributed by atoms with Crippen molar-refractivity contribution in [3.8, 4) is 0 Å². The number of ether oxygens (including phenoxy) is 2. The van der Waals surface area contributed by atoms with Gasteiger partial charge in [-0.2, -0.15) is 0 Å². The van der Waals surface area contributed by atoms with Crippen molar-refractivity contribution in [2.75, 3.05) is 13.2 Å². The molecule has 0 aromatic heterocycles. The maximum Gasteiger partial charge on any atom is 0.280 e. The highest BCUT2D eigenvalue weighted by molar-refractivity contribution is 5.79. The Morgan fingerprint density at radius 2 is 1.25 bits per heavy atom. The number of hydrogen-bond donors (Lipinski definition) is 0. The molecule has 0 radical (unpaired) electrons. The first kappa shape index (κ1) is 18.2. The van der Waals surface area contributed by atoms with Crippen molar-refractivity contribution in [2.45, 2.75) is 33.2 Å². The van der Waals surface area contributed by atoms with Gasteiger partial charge in [-0.25, -0.2) is 0 Å². The van der Waals surface area contributed by atoms with Crippen molar-refractivity contribution >= 4 is 5.91 Å². The van der Waals surface area contributed by atoms with Crippen LogP contribution in [0.5, 0.6) is 0 Å². The number of amides is 1. The molecule has 24 heavy (non-hydrogen) atoms. The van der Waals surface area contributed by atoms with Gasteiger partial charge >= 0.3 is 0 Å². The molecule has 2 aromatic carbocycles. The Kier molecular flexibility index (Phi) is 7.46. The molecule has 4 heteroatoms. The van der Waals surface area contributed by atoms with Crippen LogP contribution in [-0.2, 0) is 27.4 Å². The molecule has 0 fully saturated rings. The lowest BCUT2D eigenvalue weighted by molar-refractivity contribution is -0.181. The van der Waals surface area contributed by atoms with Gasteiger partial charge in [-0.1, -0.05) is 60.7 Å². The number of hydrogen-bond acceptors (Lipinski definition) is 3. The zero-order valence-corrected chi connectivity index (χ0v) is 14.4. The molecule has 0 spiro atoms. The number of rotatable bonds is 9. The Labute approximate surface area is 144 Å². The van der Waals surface area contributed by atoms with E-state index in [9.17, 15) is 4.79 Å². The minimum Gasteiger partial charge on any atom is -0.345 e. The summed E-state index contributed by atoms with van der Waals surface area (Å²) < 4.78 is 11.0. The average Bonchev–Trinajstić information content (AvgIpc) is 2.62. The largest absolute Gasteiger partial charge is 0.345 e. The predicted molar refractivity (Wildman–Crippen MR) is 94.2 cm³/mol. The van der Waals surface area contributed by atoms with Crippen LogP contribution >= 0.6 is 0 Å². The van der Waals surface area contributed by atoms with Crippen LogP contribution < -0.4 is 0 Å². The van der Waals surface area contributed by atoms with Crippen molar-refractivity contribution in [2.24, 2.45) is 0 Å². The summed E-state index contributed by atoms with van der Waals surface area (Å²) in [6.45, 7) is 5.62. The van der Waals surface area contributed by atoms with Crippen molar-refractivity contribution in [3.63, 3.8) is 0 Å². The molecule has 0 atom stereocenters. The van der Waals surface area contributed by atoms with E-state index in [2.05, 4.69) is 0 Å². The Bertz CT molecular complexity index is 553. The molecule has 0 heterocycles. The standard InChI is InChI=1S/C20H25NO3/c1-3-23-20(24-4-2)19(22)21(15-17-11-7-5-8-12-17)16-18-13-9-6-10-14-18/h5-14,20H,3-4,15-16H2,1-2H3. The van der Waals surface area contributed by atoms with Crippen molar-refractivity contribution in [3.05, 3.63) is 71.8 Å². The summed E-state index contributed by atoms with van der Waals surface area (Å²) in [4.78, 5) is 14.7. The summed E-state index contributed by atoms with van der Waals surface area (Å²) in [5.41, 5.74) is 2.15. The monoisotopic (exact) mass is 327 g/mol. The van der Waals surface area contributed by atoms with E-state index in [0.29, 0.717) is 26.3 Å². The first-order chi connectivity index (χ1) is 11.7. The van der Waals surface area contributed by atoms with Gasteiger partial charge in [0.1, 0.15) is 0 Å². The molecule has 2 aromatic rings. The molecule has 0 saturated carbocycles. The highest BCUT2D eigenvalue weighted by Crippen LogP contribution is 2.13. The third-order valence-corrected chi connectivity index (χ3v) is 3.58. The summed E-state index contributed by atoms with van der Waals surface area (Å²) >= 11 is 0. The summed E-state index contributed by atoms with van der Waals surface area (Å²) in [6, 6.07) is 19.9. The van der Waals surface area contributed by atoms with E-state index in [1.54, 1.807) is 4.90 Å². The van der Waals surface area contributed by atoms with E-state index in [1.807, 2.05) is 74.5 Å². The molecule has 0 aliphatic rings. The molecule has 0 bridgehead atoms. The molecule has 0 N–H and O–H groups in total. The molecule has 128 valence electrons. The van der Waals surface area contributed by atoms with E-state index < -0.39 is 6.29 Å². The summed E-state index contributed by atoms with van der Waals surface area (Å²) in [7, 11) is 0. The maximum absolute atomic E-state index is 12.9. The smallest absolute Gasteiger partial charge is 0.280 e. The lowest BCUT2D eigenvalue weighted by Gasteiger charge is -2.27. The number of benzene rings is 2. The summed E-state index contributed by atoms with van der Waals surface area (Å²) in [6.07, 6.45) is -0.854. The minimum atomic E-state index is -0.854. The third kappa shape index (κ3) is 5.48. The van der Waals surface area contributed by atoms with Crippen LogP contribution in [0, 0.1) is 0 Å². The van der Waals surface area contributed by atoms with Crippen LogP contribution in [0.25, 0.3) is 0 Å². The first-order valence-electron chi connectivity index (χ1n) is 8.34. The van der Waals surface area contributed by atoms with Gasteiger partial charge in [0.15, 0.2) is 0 Å². The Hall–Kier alpha value is -2.17. The van der Waals surface area contributed by atoms with Gasteiger partial charge in [-0.05, 0) is 25.0 Å². The molecule has 0 saturated heterocycles. The first-order valence-corrected chi connectivity index (χ1v) is 8.34. The van der Waals surface area contributed by atoms with Crippen LogP contribution in [0.4, 0.5) is 0 Å². The van der Waals surface area contributed by atoms with E-state index >= 15 is 0 Å². The van der Waals surface area contributed by atoms with E-state index in [-0.39, 0.29) is 5.91 Å². The fraction of sp³-hybridized carbons (Fsp3) is 0.350. The van der Waals surface area contributed by atoms with Gasteiger partial charge in [-0.3, -0.25) is 4.79 Å². The second-order valence-electron chi connectivity index (χ2n) is 5.41. The quantitative estimate of drug-likeness (QED) is 0.660. The van der Waals surface area contributed by atoms with E-state index in [4.69, 9.17) is 9.47 Å². The molecule has 0 aliphatic carbocycles. The van der Waals surface area contributed by atoms with Gasteiger partial charge in [-0.15, -0.1) is 0 Å². The molecule has 0 unspecified atom stereocenters. The normalized spacial score (nSPS) is 10.8. The third-order valence-electron chi connectivity index (χ3n) is 3.58. The van der Waals surface area contributed by atoms with Crippen LogP contribution in [0.3, 0.4) is 0 Å². The predicted octanol–water partition coefficient (Wildman–Crippen LogP) is 3.61. The Balaban J connectivity index is 2.18. The second-order valence-corrected chi connectivity index (χ2v) is 5.41. The number of nitrogens with zero attached hydrogens (tertiary/aromatic N) is 1. The lowest BCUT2D eigenvalue weighted by Crippen LogP contribution is -2.41. The topological polar surface area (TPSA) is 38.8 Å². The molecular weight excluding hydrogens is 302 g/mol. The molecule has 4 nitrogen and oxygen atoms in total. The fourth-order valence-corrected chi connectivity index (χ4v) is 2.46. The van der Waals surface area contributed by atoms with Gasteiger partial charge in [0, 0.05) is 26.3 Å².